The van der Waals surface area contributed by atoms with Gasteiger partial charge in [-0.05, 0) is 32.2 Å². The minimum atomic E-state index is -4.38. The van der Waals surface area contributed by atoms with Crippen molar-refractivity contribution in [1.29, 1.82) is 0 Å². The summed E-state index contributed by atoms with van der Waals surface area (Å²) in [4.78, 5) is 10.5. The Morgan fingerprint density at radius 1 is 1.22 bits per heavy atom. The molecule has 0 atom stereocenters. The molecule has 0 saturated heterocycles. The van der Waals surface area contributed by atoms with Crippen molar-refractivity contribution in [2.24, 2.45) is 0 Å². The first-order chi connectivity index (χ1) is 10.8. The number of aromatic nitrogens is 2. The number of fused-ring (bicyclic) bond motifs is 1. The van der Waals surface area contributed by atoms with Crippen molar-refractivity contribution in [2.75, 3.05) is 7.05 Å². The number of aryl methyl sites for hydroxylation is 1. The molecule has 122 valence electrons. The predicted molar refractivity (Wildman–Crippen MR) is 81.0 cm³/mol. The van der Waals surface area contributed by atoms with Gasteiger partial charge in [-0.3, -0.25) is 4.90 Å². The fourth-order valence-electron chi connectivity index (χ4n) is 2.21. The van der Waals surface area contributed by atoms with Gasteiger partial charge in [0.25, 0.3) is 0 Å². The molecule has 1 aromatic carbocycles. The van der Waals surface area contributed by atoms with Crippen LogP contribution in [0.2, 0.25) is 0 Å². The van der Waals surface area contributed by atoms with Crippen molar-refractivity contribution in [2.45, 2.75) is 26.2 Å². The number of benzene rings is 1. The minimum absolute atomic E-state index is 0.216. The van der Waals surface area contributed by atoms with Crippen molar-refractivity contribution in [3.63, 3.8) is 0 Å². The van der Waals surface area contributed by atoms with Crippen LogP contribution in [-0.4, -0.2) is 21.9 Å². The SMILES string of the molecule is Cc1csc(CN(C)Cc2nc3cc(C(F)(F)F)ccc3o2)n1. The number of oxazole rings is 1. The molecule has 0 aliphatic heterocycles. The highest BCUT2D eigenvalue weighted by Gasteiger charge is 2.31. The Morgan fingerprint density at radius 3 is 2.65 bits per heavy atom. The van der Waals surface area contributed by atoms with E-state index in [4.69, 9.17) is 4.42 Å². The number of hydrogen-bond acceptors (Lipinski definition) is 5. The van der Waals surface area contributed by atoms with E-state index in [1.165, 1.54) is 6.07 Å². The second kappa shape index (κ2) is 5.93. The zero-order chi connectivity index (χ0) is 16.6. The summed E-state index contributed by atoms with van der Waals surface area (Å²) < 4.78 is 43.6. The van der Waals surface area contributed by atoms with Gasteiger partial charge in [-0.1, -0.05) is 0 Å². The van der Waals surface area contributed by atoms with E-state index in [9.17, 15) is 13.2 Å². The highest BCUT2D eigenvalue weighted by atomic mass is 32.1. The molecule has 0 amide bonds. The topological polar surface area (TPSA) is 42.2 Å². The predicted octanol–water partition coefficient (Wildman–Crippen LogP) is 4.24. The molecule has 0 fully saturated rings. The minimum Gasteiger partial charge on any atom is -0.439 e. The summed E-state index contributed by atoms with van der Waals surface area (Å²) >= 11 is 1.57. The smallest absolute Gasteiger partial charge is 0.416 e. The van der Waals surface area contributed by atoms with Gasteiger partial charge in [0.2, 0.25) is 5.89 Å². The molecule has 0 N–H and O–H groups in total. The average molecular weight is 341 g/mol. The largest absolute Gasteiger partial charge is 0.439 e. The Kier molecular flexibility index (Phi) is 4.11. The maximum Gasteiger partial charge on any atom is 0.416 e. The second-order valence-corrected chi connectivity index (χ2v) is 6.29. The second-order valence-electron chi connectivity index (χ2n) is 5.34. The van der Waals surface area contributed by atoms with Crippen LogP contribution in [0.15, 0.2) is 28.0 Å². The summed E-state index contributed by atoms with van der Waals surface area (Å²) in [6.45, 7) is 2.96. The summed E-state index contributed by atoms with van der Waals surface area (Å²) in [7, 11) is 1.88. The lowest BCUT2D eigenvalue weighted by molar-refractivity contribution is -0.137. The van der Waals surface area contributed by atoms with Crippen molar-refractivity contribution >= 4 is 22.4 Å². The van der Waals surface area contributed by atoms with Gasteiger partial charge in [0.1, 0.15) is 10.5 Å². The Labute approximate surface area is 134 Å². The van der Waals surface area contributed by atoms with Crippen molar-refractivity contribution in [3.8, 4) is 0 Å². The normalized spacial score (nSPS) is 12.4. The van der Waals surface area contributed by atoms with Gasteiger partial charge in [-0.15, -0.1) is 11.3 Å². The molecular weight excluding hydrogens is 327 g/mol. The molecule has 8 heteroatoms. The van der Waals surface area contributed by atoms with Gasteiger partial charge in [-0.25, -0.2) is 9.97 Å². The molecule has 0 radical (unpaired) electrons. The molecule has 3 aromatic rings. The number of halogens is 3. The van der Waals surface area contributed by atoms with Crippen LogP contribution in [0.5, 0.6) is 0 Å². The van der Waals surface area contributed by atoms with Gasteiger partial charge in [0.05, 0.1) is 18.7 Å². The van der Waals surface area contributed by atoms with Crippen molar-refractivity contribution < 1.29 is 17.6 Å². The molecule has 0 spiro atoms. The van der Waals surface area contributed by atoms with E-state index in [1.807, 2.05) is 24.3 Å². The van der Waals surface area contributed by atoms with Crippen LogP contribution in [0.4, 0.5) is 13.2 Å². The molecule has 2 heterocycles. The first-order valence-electron chi connectivity index (χ1n) is 6.87. The fourth-order valence-corrected chi connectivity index (χ4v) is 3.06. The zero-order valence-electron chi connectivity index (χ0n) is 12.5. The van der Waals surface area contributed by atoms with Crippen LogP contribution in [0.25, 0.3) is 11.1 Å². The Morgan fingerprint density at radius 2 is 2.00 bits per heavy atom. The standard InChI is InChI=1S/C15H14F3N3OS/c1-9-8-23-14(19-9)7-21(2)6-13-20-11-5-10(15(16,17)18)3-4-12(11)22-13/h3-5,8H,6-7H2,1-2H3. The number of alkyl halides is 3. The third-order valence-corrected chi connectivity index (χ3v) is 4.19. The quantitative estimate of drug-likeness (QED) is 0.712. The third-order valence-electron chi connectivity index (χ3n) is 3.24. The molecule has 0 aliphatic carbocycles. The van der Waals surface area contributed by atoms with E-state index >= 15 is 0 Å². The van der Waals surface area contributed by atoms with Crippen LogP contribution < -0.4 is 0 Å². The lowest BCUT2D eigenvalue weighted by atomic mass is 10.2. The summed E-state index contributed by atoms with van der Waals surface area (Å²) in [6.07, 6.45) is -4.38. The molecule has 0 saturated carbocycles. The maximum atomic E-state index is 12.7. The van der Waals surface area contributed by atoms with Gasteiger partial charge >= 0.3 is 6.18 Å². The van der Waals surface area contributed by atoms with Gasteiger partial charge in [-0.2, -0.15) is 13.2 Å². The molecule has 2 aromatic heterocycles. The van der Waals surface area contributed by atoms with Crippen molar-refractivity contribution in [3.05, 3.63) is 45.7 Å². The van der Waals surface area contributed by atoms with Crippen LogP contribution in [0, 0.1) is 6.92 Å². The Hall–Kier alpha value is -1.93. The maximum absolute atomic E-state index is 12.7. The van der Waals surface area contributed by atoms with E-state index in [1.54, 1.807) is 11.3 Å². The first-order valence-corrected chi connectivity index (χ1v) is 7.75. The van der Waals surface area contributed by atoms with Gasteiger partial charge < -0.3 is 4.42 Å². The first kappa shape index (κ1) is 15.9. The highest BCUT2D eigenvalue weighted by molar-refractivity contribution is 7.09. The fraction of sp³-hybridized carbons (Fsp3) is 0.333. The van der Waals surface area contributed by atoms with E-state index in [-0.39, 0.29) is 5.52 Å². The summed E-state index contributed by atoms with van der Waals surface area (Å²) in [6, 6.07) is 3.31. The van der Waals surface area contributed by atoms with E-state index in [0.717, 1.165) is 22.8 Å². The zero-order valence-corrected chi connectivity index (χ0v) is 13.3. The number of hydrogen-bond donors (Lipinski definition) is 0. The summed E-state index contributed by atoms with van der Waals surface area (Å²) in [5.41, 5.74) is 0.816. The molecule has 3 rings (SSSR count). The summed E-state index contributed by atoms with van der Waals surface area (Å²) in [5.74, 6) is 0.384. The number of thiazole rings is 1. The number of rotatable bonds is 4. The Balaban J connectivity index is 1.75. The summed E-state index contributed by atoms with van der Waals surface area (Å²) in [5, 5.41) is 2.95. The lowest BCUT2D eigenvalue weighted by Crippen LogP contribution is -2.17. The lowest BCUT2D eigenvalue weighted by Gasteiger charge is -2.11. The van der Waals surface area contributed by atoms with E-state index in [0.29, 0.717) is 24.6 Å². The molecule has 23 heavy (non-hydrogen) atoms. The molecular formula is C15H14F3N3OS. The average Bonchev–Trinajstić information content (AvgIpc) is 3.02. The van der Waals surface area contributed by atoms with Crippen LogP contribution >= 0.6 is 11.3 Å². The van der Waals surface area contributed by atoms with Gasteiger partial charge in [0, 0.05) is 11.1 Å². The van der Waals surface area contributed by atoms with Crippen LogP contribution in [0.1, 0.15) is 22.2 Å². The molecule has 4 nitrogen and oxygen atoms in total. The van der Waals surface area contributed by atoms with Crippen molar-refractivity contribution in [1.82, 2.24) is 14.9 Å². The molecule has 0 bridgehead atoms. The monoisotopic (exact) mass is 341 g/mol. The molecule has 0 unspecified atom stereocenters. The Bertz CT molecular complexity index is 825. The highest BCUT2D eigenvalue weighted by Crippen LogP contribution is 2.31. The number of nitrogens with zero attached hydrogens (tertiary/aromatic N) is 3. The molecule has 0 aliphatic rings. The van der Waals surface area contributed by atoms with E-state index < -0.39 is 11.7 Å². The third kappa shape index (κ3) is 3.70. The van der Waals surface area contributed by atoms with Crippen LogP contribution in [0.3, 0.4) is 0 Å². The van der Waals surface area contributed by atoms with Gasteiger partial charge in [0.15, 0.2) is 5.58 Å². The van der Waals surface area contributed by atoms with Crippen LogP contribution in [-0.2, 0) is 19.3 Å². The van der Waals surface area contributed by atoms with E-state index in [2.05, 4.69) is 9.97 Å².